The maximum absolute atomic E-state index is 3.85. The van der Waals surface area contributed by atoms with Crippen LogP contribution in [0.2, 0.25) is 0 Å². The van der Waals surface area contributed by atoms with Crippen LogP contribution in [0.25, 0.3) is 0 Å². The van der Waals surface area contributed by atoms with E-state index in [1.165, 1.54) is 36.3 Å². The fourth-order valence-electron chi connectivity index (χ4n) is 2.52. The molecule has 0 saturated heterocycles. The molecule has 16 heavy (non-hydrogen) atoms. The van der Waals surface area contributed by atoms with E-state index in [9.17, 15) is 0 Å². The third-order valence-electron chi connectivity index (χ3n) is 3.72. The fourth-order valence-corrected chi connectivity index (χ4v) is 4.62. The van der Waals surface area contributed by atoms with E-state index in [0.29, 0.717) is 0 Å². The Morgan fingerprint density at radius 3 is 2.94 bits per heavy atom. The summed E-state index contributed by atoms with van der Waals surface area (Å²) >= 11 is 5.88. The number of benzene rings is 1. The molecule has 0 radical (unpaired) electrons. The van der Waals surface area contributed by atoms with Crippen LogP contribution in [0.1, 0.15) is 37.2 Å². The van der Waals surface area contributed by atoms with E-state index in [2.05, 4.69) is 40.2 Å². The lowest BCUT2D eigenvalue weighted by Gasteiger charge is -2.13. The van der Waals surface area contributed by atoms with Crippen LogP contribution >= 0.6 is 27.7 Å². The van der Waals surface area contributed by atoms with E-state index in [1.807, 2.05) is 11.8 Å². The molecule has 0 spiro atoms. The second-order valence-electron chi connectivity index (χ2n) is 4.98. The van der Waals surface area contributed by atoms with E-state index in [1.54, 1.807) is 5.56 Å². The quantitative estimate of drug-likeness (QED) is 0.717. The number of rotatable bonds is 4. The van der Waals surface area contributed by atoms with Gasteiger partial charge in [-0.1, -0.05) is 34.1 Å². The average Bonchev–Trinajstić information content (AvgIpc) is 3.08. The third kappa shape index (κ3) is 2.33. The molecule has 2 aliphatic rings. The lowest BCUT2D eigenvalue weighted by atomic mass is 9.95. The van der Waals surface area contributed by atoms with Crippen molar-refractivity contribution in [3.63, 3.8) is 0 Å². The first kappa shape index (κ1) is 11.2. The zero-order valence-corrected chi connectivity index (χ0v) is 11.8. The van der Waals surface area contributed by atoms with Gasteiger partial charge in [-0.05, 0) is 49.1 Å². The number of halogens is 1. The molecule has 1 aromatic carbocycles. The average molecular weight is 297 g/mol. The summed E-state index contributed by atoms with van der Waals surface area (Å²) < 4.78 is 0. The minimum Gasteiger partial charge on any atom is -0.125 e. The molecule has 1 heterocycles. The van der Waals surface area contributed by atoms with Gasteiger partial charge in [-0.3, -0.25) is 0 Å². The highest BCUT2D eigenvalue weighted by atomic mass is 79.9. The van der Waals surface area contributed by atoms with Crippen molar-refractivity contribution in [3.05, 3.63) is 29.8 Å². The van der Waals surface area contributed by atoms with Crippen LogP contribution in [0, 0.1) is 5.92 Å². The first-order chi connectivity index (χ1) is 7.84. The van der Waals surface area contributed by atoms with Gasteiger partial charge in [0.05, 0.1) is 0 Å². The zero-order valence-electron chi connectivity index (χ0n) is 9.36. The van der Waals surface area contributed by atoms with Gasteiger partial charge < -0.3 is 0 Å². The molecule has 0 nitrogen and oxygen atoms in total. The standard InChI is InChI=1S/C14H17BrS/c15-13(10-5-6-10)8-7-11-9-16-14-4-2-1-3-12(11)14/h1-4,10-11,13H,5-9H2. The second kappa shape index (κ2) is 4.73. The molecule has 2 atom stereocenters. The van der Waals surface area contributed by atoms with Crippen LogP contribution in [-0.4, -0.2) is 10.6 Å². The predicted molar refractivity (Wildman–Crippen MR) is 74.6 cm³/mol. The first-order valence-electron chi connectivity index (χ1n) is 6.20. The van der Waals surface area contributed by atoms with Crippen LogP contribution in [-0.2, 0) is 0 Å². The molecule has 1 aliphatic carbocycles. The summed E-state index contributed by atoms with van der Waals surface area (Å²) in [6.45, 7) is 0. The van der Waals surface area contributed by atoms with E-state index in [4.69, 9.17) is 0 Å². The van der Waals surface area contributed by atoms with E-state index < -0.39 is 0 Å². The molecule has 0 bridgehead atoms. The SMILES string of the molecule is BrC(CCC1CSc2ccccc21)C1CC1. The highest BCUT2D eigenvalue weighted by molar-refractivity contribution is 9.09. The van der Waals surface area contributed by atoms with Gasteiger partial charge in [0.25, 0.3) is 0 Å². The van der Waals surface area contributed by atoms with E-state index >= 15 is 0 Å². The smallest absolute Gasteiger partial charge is 0.0174 e. The molecular formula is C14H17BrS. The highest BCUT2D eigenvalue weighted by Gasteiger charge is 2.30. The van der Waals surface area contributed by atoms with E-state index in [0.717, 1.165) is 16.7 Å². The first-order valence-corrected chi connectivity index (χ1v) is 8.10. The fraction of sp³-hybridized carbons (Fsp3) is 0.571. The topological polar surface area (TPSA) is 0 Å². The maximum atomic E-state index is 3.85. The molecule has 3 rings (SSSR count). The van der Waals surface area contributed by atoms with Gasteiger partial charge in [0.2, 0.25) is 0 Å². The van der Waals surface area contributed by atoms with Gasteiger partial charge in [0.1, 0.15) is 0 Å². The van der Waals surface area contributed by atoms with Gasteiger partial charge in [-0.15, -0.1) is 11.8 Å². The molecule has 0 amide bonds. The van der Waals surface area contributed by atoms with Crippen LogP contribution in [0.5, 0.6) is 0 Å². The molecular weight excluding hydrogens is 280 g/mol. The van der Waals surface area contributed by atoms with Crippen molar-refractivity contribution in [2.75, 3.05) is 5.75 Å². The molecule has 0 N–H and O–H groups in total. The van der Waals surface area contributed by atoms with Gasteiger partial charge in [0.15, 0.2) is 0 Å². The number of hydrogen-bond donors (Lipinski definition) is 0. The lowest BCUT2D eigenvalue weighted by Crippen LogP contribution is -2.05. The van der Waals surface area contributed by atoms with Gasteiger partial charge in [-0.25, -0.2) is 0 Å². The van der Waals surface area contributed by atoms with Crippen LogP contribution in [0.4, 0.5) is 0 Å². The number of fused-ring (bicyclic) bond motifs is 1. The Kier molecular flexibility index (Phi) is 3.30. The summed E-state index contributed by atoms with van der Waals surface area (Å²) in [7, 11) is 0. The molecule has 1 fully saturated rings. The minimum atomic E-state index is 0.783. The van der Waals surface area contributed by atoms with Crippen molar-refractivity contribution in [1.29, 1.82) is 0 Å². The Morgan fingerprint density at radius 2 is 2.12 bits per heavy atom. The monoisotopic (exact) mass is 296 g/mol. The zero-order chi connectivity index (χ0) is 11.0. The van der Waals surface area contributed by atoms with E-state index in [-0.39, 0.29) is 0 Å². The second-order valence-corrected chi connectivity index (χ2v) is 7.21. The summed E-state index contributed by atoms with van der Waals surface area (Å²) in [5.41, 5.74) is 1.60. The molecule has 86 valence electrons. The summed E-state index contributed by atoms with van der Waals surface area (Å²) in [6.07, 6.45) is 5.61. The molecule has 2 unspecified atom stereocenters. The number of thioether (sulfide) groups is 1. The Morgan fingerprint density at radius 1 is 1.31 bits per heavy atom. The molecule has 1 aromatic rings. The minimum absolute atomic E-state index is 0.783. The lowest BCUT2D eigenvalue weighted by molar-refractivity contribution is 0.598. The molecule has 0 aromatic heterocycles. The van der Waals surface area contributed by atoms with Crippen molar-refractivity contribution in [2.24, 2.45) is 5.92 Å². The molecule has 1 aliphatic heterocycles. The van der Waals surface area contributed by atoms with Crippen molar-refractivity contribution >= 4 is 27.7 Å². The predicted octanol–water partition coefficient (Wildman–Crippen LogP) is 4.83. The Bertz CT molecular complexity index is 373. The maximum Gasteiger partial charge on any atom is 0.0174 e. The number of hydrogen-bond acceptors (Lipinski definition) is 1. The summed E-state index contributed by atoms with van der Waals surface area (Å²) in [6, 6.07) is 8.93. The summed E-state index contributed by atoms with van der Waals surface area (Å²) in [4.78, 5) is 2.30. The highest BCUT2D eigenvalue weighted by Crippen LogP contribution is 2.44. The van der Waals surface area contributed by atoms with Crippen LogP contribution in [0.3, 0.4) is 0 Å². The Hall–Kier alpha value is 0.0500. The van der Waals surface area contributed by atoms with Crippen molar-refractivity contribution < 1.29 is 0 Å². The largest absolute Gasteiger partial charge is 0.125 e. The molecule has 1 saturated carbocycles. The third-order valence-corrected chi connectivity index (χ3v) is 6.18. The van der Waals surface area contributed by atoms with Crippen LogP contribution < -0.4 is 0 Å². The van der Waals surface area contributed by atoms with Crippen molar-refractivity contribution in [3.8, 4) is 0 Å². The summed E-state index contributed by atoms with van der Waals surface area (Å²) in [5.74, 6) is 3.09. The van der Waals surface area contributed by atoms with Crippen molar-refractivity contribution in [2.45, 2.75) is 41.3 Å². The normalized spacial score (nSPS) is 25.4. The Labute approximate surface area is 110 Å². The van der Waals surface area contributed by atoms with Gasteiger partial charge in [0, 0.05) is 15.5 Å². The van der Waals surface area contributed by atoms with Gasteiger partial charge >= 0.3 is 0 Å². The van der Waals surface area contributed by atoms with Crippen LogP contribution in [0.15, 0.2) is 29.2 Å². The number of alkyl halides is 1. The van der Waals surface area contributed by atoms with Gasteiger partial charge in [-0.2, -0.15) is 0 Å². The molecule has 2 heteroatoms. The van der Waals surface area contributed by atoms with Crippen molar-refractivity contribution in [1.82, 2.24) is 0 Å². The summed E-state index contributed by atoms with van der Waals surface area (Å²) in [5, 5.41) is 0. The Balaban J connectivity index is 1.60.